The van der Waals surface area contributed by atoms with Gasteiger partial charge in [-0.1, -0.05) is 38.1 Å². The van der Waals surface area contributed by atoms with Crippen molar-refractivity contribution in [2.45, 2.75) is 26.2 Å². The number of esters is 2. The second kappa shape index (κ2) is 4.53. The highest BCUT2D eigenvalue weighted by Crippen LogP contribution is 2.24. The van der Waals surface area contributed by atoms with Crippen LogP contribution < -0.4 is 0 Å². The fourth-order valence-corrected chi connectivity index (χ4v) is 1.90. The molecule has 1 aliphatic heterocycles. The predicted molar refractivity (Wildman–Crippen MR) is 64.2 cm³/mol. The Balaban J connectivity index is 2.39. The Labute approximate surface area is 100 Å². The monoisotopic (exact) mass is 230 g/mol. The standard InChI is InChI=1S/C14H14O3/c1-9(2)12-6-4-3-5-10(12)7-11-8-13(15)17-14(11)16/h3-7,9H,8H2,1-2H3. The number of hydrogen-bond donors (Lipinski definition) is 0. The molecule has 0 aromatic heterocycles. The van der Waals surface area contributed by atoms with Crippen LogP contribution >= 0.6 is 0 Å². The van der Waals surface area contributed by atoms with Crippen molar-refractivity contribution in [3.05, 3.63) is 41.0 Å². The number of benzene rings is 1. The molecule has 1 saturated heterocycles. The molecule has 0 bridgehead atoms. The zero-order chi connectivity index (χ0) is 12.4. The molecule has 0 aliphatic carbocycles. The lowest BCUT2D eigenvalue weighted by Crippen LogP contribution is -1.97. The molecule has 0 atom stereocenters. The van der Waals surface area contributed by atoms with Crippen molar-refractivity contribution < 1.29 is 14.3 Å². The minimum Gasteiger partial charge on any atom is -0.389 e. The first-order valence-corrected chi connectivity index (χ1v) is 5.62. The predicted octanol–water partition coefficient (Wildman–Crippen LogP) is 2.67. The van der Waals surface area contributed by atoms with E-state index in [1.807, 2.05) is 24.3 Å². The zero-order valence-electron chi connectivity index (χ0n) is 9.90. The summed E-state index contributed by atoms with van der Waals surface area (Å²) in [6.07, 6.45) is 1.83. The normalized spacial score (nSPS) is 17.9. The van der Waals surface area contributed by atoms with Crippen LogP contribution in [0.4, 0.5) is 0 Å². The van der Waals surface area contributed by atoms with E-state index < -0.39 is 11.9 Å². The molecule has 0 amide bonds. The van der Waals surface area contributed by atoms with E-state index in [1.165, 1.54) is 0 Å². The van der Waals surface area contributed by atoms with Crippen molar-refractivity contribution in [1.29, 1.82) is 0 Å². The first-order valence-electron chi connectivity index (χ1n) is 5.62. The Morgan fingerprint density at radius 3 is 2.53 bits per heavy atom. The van der Waals surface area contributed by atoms with Crippen LogP contribution in [0.5, 0.6) is 0 Å². The molecule has 1 fully saturated rings. The van der Waals surface area contributed by atoms with Gasteiger partial charge in [0.25, 0.3) is 0 Å². The lowest BCUT2D eigenvalue weighted by Gasteiger charge is -2.09. The van der Waals surface area contributed by atoms with Crippen LogP contribution in [-0.2, 0) is 14.3 Å². The van der Waals surface area contributed by atoms with E-state index >= 15 is 0 Å². The second-order valence-electron chi connectivity index (χ2n) is 4.39. The van der Waals surface area contributed by atoms with E-state index in [0.29, 0.717) is 11.5 Å². The largest absolute Gasteiger partial charge is 0.389 e. The van der Waals surface area contributed by atoms with E-state index in [2.05, 4.69) is 18.6 Å². The van der Waals surface area contributed by atoms with E-state index in [0.717, 1.165) is 11.1 Å². The molecule has 1 aliphatic rings. The van der Waals surface area contributed by atoms with Gasteiger partial charge in [-0.05, 0) is 23.1 Å². The molecular weight excluding hydrogens is 216 g/mol. The number of carbonyl (C=O) groups excluding carboxylic acids is 2. The van der Waals surface area contributed by atoms with E-state index in [-0.39, 0.29) is 6.42 Å². The number of carbonyl (C=O) groups is 2. The van der Waals surface area contributed by atoms with Crippen LogP contribution in [0.3, 0.4) is 0 Å². The molecule has 3 nitrogen and oxygen atoms in total. The molecular formula is C14H14O3. The Kier molecular flexibility index (Phi) is 3.09. The zero-order valence-corrected chi connectivity index (χ0v) is 9.90. The van der Waals surface area contributed by atoms with Crippen LogP contribution in [-0.4, -0.2) is 11.9 Å². The van der Waals surface area contributed by atoms with Gasteiger partial charge in [-0.25, -0.2) is 4.79 Å². The number of ether oxygens (including phenoxy) is 1. The van der Waals surface area contributed by atoms with Gasteiger partial charge in [-0.15, -0.1) is 0 Å². The molecule has 0 radical (unpaired) electrons. The summed E-state index contributed by atoms with van der Waals surface area (Å²) < 4.78 is 4.50. The maximum Gasteiger partial charge on any atom is 0.342 e. The Morgan fingerprint density at radius 1 is 1.24 bits per heavy atom. The van der Waals surface area contributed by atoms with Gasteiger partial charge in [0, 0.05) is 5.57 Å². The summed E-state index contributed by atoms with van der Waals surface area (Å²) in [6.45, 7) is 4.19. The highest BCUT2D eigenvalue weighted by atomic mass is 16.6. The maximum atomic E-state index is 11.4. The van der Waals surface area contributed by atoms with Crippen molar-refractivity contribution in [3.63, 3.8) is 0 Å². The molecule has 1 aromatic carbocycles. The SMILES string of the molecule is CC(C)c1ccccc1C=C1CC(=O)OC1=O. The summed E-state index contributed by atoms with van der Waals surface area (Å²) in [5.41, 5.74) is 2.57. The van der Waals surface area contributed by atoms with Gasteiger partial charge in [0.05, 0.1) is 6.42 Å². The van der Waals surface area contributed by atoms with Crippen LogP contribution in [0.15, 0.2) is 29.8 Å². The number of rotatable bonds is 2. The molecule has 0 N–H and O–H groups in total. The van der Waals surface area contributed by atoms with Gasteiger partial charge < -0.3 is 4.74 Å². The molecule has 88 valence electrons. The van der Waals surface area contributed by atoms with E-state index in [4.69, 9.17) is 0 Å². The average molecular weight is 230 g/mol. The van der Waals surface area contributed by atoms with Gasteiger partial charge in [-0.3, -0.25) is 4.79 Å². The summed E-state index contributed by atoms with van der Waals surface area (Å²) in [5.74, 6) is -0.618. The minimum atomic E-state index is -0.520. The average Bonchev–Trinajstić information content (AvgIpc) is 2.58. The smallest absolute Gasteiger partial charge is 0.342 e. The van der Waals surface area contributed by atoms with Crippen molar-refractivity contribution >= 4 is 18.0 Å². The summed E-state index contributed by atoms with van der Waals surface area (Å²) >= 11 is 0. The van der Waals surface area contributed by atoms with Gasteiger partial charge in [0.2, 0.25) is 0 Å². The highest BCUT2D eigenvalue weighted by Gasteiger charge is 2.26. The Morgan fingerprint density at radius 2 is 1.94 bits per heavy atom. The highest BCUT2D eigenvalue weighted by molar-refractivity contribution is 6.08. The van der Waals surface area contributed by atoms with Gasteiger partial charge in [0.15, 0.2) is 0 Å². The third kappa shape index (κ3) is 2.44. The van der Waals surface area contributed by atoms with Gasteiger partial charge in [-0.2, -0.15) is 0 Å². The second-order valence-corrected chi connectivity index (χ2v) is 4.39. The first kappa shape index (κ1) is 11.6. The van der Waals surface area contributed by atoms with Crippen molar-refractivity contribution in [2.75, 3.05) is 0 Å². The molecule has 0 saturated carbocycles. The molecule has 0 spiro atoms. The van der Waals surface area contributed by atoms with E-state index in [9.17, 15) is 9.59 Å². The summed E-state index contributed by atoms with van der Waals surface area (Å²) in [5, 5.41) is 0. The first-order chi connectivity index (χ1) is 8.08. The lowest BCUT2D eigenvalue weighted by atomic mass is 9.95. The van der Waals surface area contributed by atoms with Crippen LogP contribution in [0.25, 0.3) is 6.08 Å². The fraction of sp³-hybridized carbons (Fsp3) is 0.286. The van der Waals surface area contributed by atoms with Gasteiger partial charge in [0.1, 0.15) is 0 Å². The molecule has 17 heavy (non-hydrogen) atoms. The number of cyclic esters (lactones) is 2. The lowest BCUT2D eigenvalue weighted by molar-refractivity contribution is -0.151. The maximum absolute atomic E-state index is 11.4. The quantitative estimate of drug-likeness (QED) is 0.445. The van der Waals surface area contributed by atoms with Crippen LogP contribution in [0.2, 0.25) is 0 Å². The van der Waals surface area contributed by atoms with E-state index in [1.54, 1.807) is 6.08 Å². The van der Waals surface area contributed by atoms with Gasteiger partial charge >= 0.3 is 11.9 Å². The van der Waals surface area contributed by atoms with Crippen molar-refractivity contribution in [2.24, 2.45) is 0 Å². The van der Waals surface area contributed by atoms with Crippen LogP contribution in [0, 0.1) is 0 Å². The third-order valence-corrected chi connectivity index (χ3v) is 2.75. The molecule has 1 heterocycles. The minimum absolute atomic E-state index is 0.0747. The summed E-state index contributed by atoms with van der Waals surface area (Å²) in [7, 11) is 0. The third-order valence-electron chi connectivity index (χ3n) is 2.75. The fourth-order valence-electron chi connectivity index (χ4n) is 1.90. The molecule has 0 unspecified atom stereocenters. The van der Waals surface area contributed by atoms with Crippen molar-refractivity contribution in [1.82, 2.24) is 0 Å². The Hall–Kier alpha value is -1.90. The molecule has 3 heteroatoms. The topological polar surface area (TPSA) is 43.4 Å². The molecule has 1 aromatic rings. The molecule has 2 rings (SSSR count). The van der Waals surface area contributed by atoms with Crippen LogP contribution in [0.1, 0.15) is 37.3 Å². The summed E-state index contributed by atoms with van der Waals surface area (Å²) in [4.78, 5) is 22.3. The number of hydrogen-bond acceptors (Lipinski definition) is 3. The summed E-state index contributed by atoms with van der Waals surface area (Å²) in [6, 6.07) is 7.85. The Bertz CT molecular complexity index is 498. The van der Waals surface area contributed by atoms with Crippen molar-refractivity contribution in [3.8, 4) is 0 Å².